The van der Waals surface area contributed by atoms with E-state index in [0.717, 1.165) is 35.5 Å². The fourth-order valence-electron chi connectivity index (χ4n) is 2.75. The maximum Gasteiger partial charge on any atom is 0.191 e. The second-order valence-corrected chi connectivity index (χ2v) is 17.8. The van der Waals surface area contributed by atoms with E-state index in [-0.39, 0.29) is 9.79 Å². The molecule has 0 aliphatic heterocycles. The van der Waals surface area contributed by atoms with E-state index < -0.39 is 19.3 Å². The van der Waals surface area contributed by atoms with Crippen molar-refractivity contribution in [1.29, 1.82) is 0 Å². The van der Waals surface area contributed by atoms with Crippen LogP contribution < -0.4 is 0 Å². The molecule has 158 valence electrons. The molecular weight excluding hydrogens is 452 g/mol. The molecule has 0 N–H and O–H groups in total. The molecule has 1 aliphatic rings. The summed E-state index contributed by atoms with van der Waals surface area (Å²) < 4.78 is 24.1. The normalized spacial score (nSPS) is 22.7. The second-order valence-electron chi connectivity index (χ2n) is 10.3. The van der Waals surface area contributed by atoms with Gasteiger partial charge in [0.2, 0.25) is 0 Å². The van der Waals surface area contributed by atoms with Crippen molar-refractivity contribution in [2.45, 2.75) is 77.3 Å². The summed E-state index contributed by atoms with van der Waals surface area (Å²) in [5.41, 5.74) is 1.69. The molecule has 4 nitrogen and oxygen atoms in total. The lowest BCUT2D eigenvalue weighted by atomic mass is 9.72. The van der Waals surface area contributed by atoms with E-state index in [2.05, 4.69) is 59.2 Å². The van der Waals surface area contributed by atoms with Gasteiger partial charge >= 0.3 is 0 Å². The first kappa shape index (κ1) is 23.9. The molecule has 0 bridgehead atoms. The molecule has 0 aromatic carbocycles. The van der Waals surface area contributed by atoms with E-state index in [0.29, 0.717) is 11.8 Å². The minimum Gasteiger partial charge on any atom is -0.417 e. The van der Waals surface area contributed by atoms with Crippen LogP contribution in [0.3, 0.4) is 0 Å². The van der Waals surface area contributed by atoms with Crippen LogP contribution in [0.25, 0.3) is 0 Å². The van der Waals surface area contributed by atoms with E-state index in [9.17, 15) is 4.21 Å². The molecule has 1 heterocycles. The Bertz CT molecular complexity index is 748. The lowest BCUT2D eigenvalue weighted by molar-refractivity contribution is 0.143. The second kappa shape index (κ2) is 8.78. The molecule has 0 unspecified atom stereocenters. The van der Waals surface area contributed by atoms with Crippen LogP contribution in [0.2, 0.25) is 18.1 Å². The number of aromatic nitrogens is 1. The first-order valence-corrected chi connectivity index (χ1v) is 14.8. The van der Waals surface area contributed by atoms with Crippen LogP contribution in [0, 0.1) is 11.8 Å². The van der Waals surface area contributed by atoms with Crippen molar-refractivity contribution in [1.82, 2.24) is 4.98 Å². The van der Waals surface area contributed by atoms with Crippen molar-refractivity contribution < 1.29 is 8.63 Å². The zero-order chi connectivity index (χ0) is 21.3. The minimum atomic E-state index is -1.72. The summed E-state index contributed by atoms with van der Waals surface area (Å²) in [7, 11) is -3.01. The van der Waals surface area contributed by atoms with Gasteiger partial charge in [-0.1, -0.05) is 26.8 Å². The lowest BCUT2D eigenvalue weighted by Crippen LogP contribution is -2.44. The van der Waals surface area contributed by atoms with E-state index in [4.69, 9.17) is 4.43 Å². The molecule has 1 aliphatic carbocycles. The van der Waals surface area contributed by atoms with E-state index in [1.807, 2.05) is 39.0 Å². The summed E-state index contributed by atoms with van der Waals surface area (Å²) in [6, 6.07) is 5.82. The van der Waals surface area contributed by atoms with Gasteiger partial charge in [0.25, 0.3) is 0 Å². The van der Waals surface area contributed by atoms with Gasteiger partial charge in [0.1, 0.15) is 15.6 Å². The Morgan fingerprint density at radius 1 is 1.25 bits per heavy atom. The highest BCUT2D eigenvalue weighted by atomic mass is 79.9. The van der Waals surface area contributed by atoms with Gasteiger partial charge in [0.15, 0.2) is 8.32 Å². The van der Waals surface area contributed by atoms with Crippen LogP contribution >= 0.6 is 15.9 Å². The van der Waals surface area contributed by atoms with Crippen LogP contribution in [0.1, 0.15) is 60.1 Å². The number of hydrogen-bond donors (Lipinski definition) is 0. The standard InChI is InChI=1S/C21H35BrN2O2SSi/c1-20(2,3)27(25)24-19(17-10-9-11-18(22)23-17)16-12-15(13-16)14-26-28(7,8)21(4,5)6/h9-11,15-16H,12-14H2,1-8H3/b24-19+/t15?,16?,27-/m1/s1. The van der Waals surface area contributed by atoms with Gasteiger partial charge in [-0.3, -0.25) is 0 Å². The van der Waals surface area contributed by atoms with E-state index in [1.54, 1.807) is 0 Å². The molecular formula is C21H35BrN2O2SSi. The number of hydrogen-bond acceptors (Lipinski definition) is 3. The zero-order valence-corrected chi connectivity index (χ0v) is 21.9. The average Bonchev–Trinajstić information content (AvgIpc) is 2.49. The highest BCUT2D eigenvalue weighted by Gasteiger charge is 2.40. The summed E-state index contributed by atoms with van der Waals surface area (Å²) in [6.45, 7) is 18.1. The van der Waals surface area contributed by atoms with Gasteiger partial charge in [-0.05, 0) is 85.7 Å². The maximum atomic E-state index is 12.7. The Balaban J connectivity index is 2.11. The molecule has 0 spiro atoms. The summed E-state index contributed by atoms with van der Waals surface area (Å²) in [5, 5.41) is 0.229. The van der Waals surface area contributed by atoms with E-state index in [1.165, 1.54) is 0 Å². The van der Waals surface area contributed by atoms with Crippen molar-refractivity contribution in [3.05, 3.63) is 28.5 Å². The Morgan fingerprint density at radius 3 is 2.36 bits per heavy atom. The van der Waals surface area contributed by atoms with Gasteiger partial charge in [-0.15, -0.1) is 0 Å². The van der Waals surface area contributed by atoms with Crippen molar-refractivity contribution >= 4 is 40.9 Å². The number of rotatable bonds is 6. The molecule has 7 heteroatoms. The predicted octanol–water partition coefficient (Wildman–Crippen LogP) is 6.14. The van der Waals surface area contributed by atoms with Crippen LogP contribution in [0.15, 0.2) is 27.2 Å². The third-order valence-electron chi connectivity index (χ3n) is 5.79. The van der Waals surface area contributed by atoms with Gasteiger partial charge < -0.3 is 4.43 Å². The molecule has 1 atom stereocenters. The largest absolute Gasteiger partial charge is 0.417 e. The zero-order valence-electron chi connectivity index (χ0n) is 18.5. The highest BCUT2D eigenvalue weighted by molar-refractivity contribution is 9.10. The quantitative estimate of drug-likeness (QED) is 0.275. The summed E-state index contributed by atoms with van der Waals surface area (Å²) in [4.78, 5) is 4.58. The molecule has 1 aromatic heterocycles. The van der Waals surface area contributed by atoms with Crippen molar-refractivity contribution in [3.63, 3.8) is 0 Å². The number of nitrogens with zero attached hydrogens (tertiary/aromatic N) is 2. The van der Waals surface area contributed by atoms with Crippen LogP contribution in [-0.2, 0) is 15.4 Å². The monoisotopic (exact) mass is 486 g/mol. The first-order chi connectivity index (χ1) is 12.7. The smallest absolute Gasteiger partial charge is 0.191 e. The Morgan fingerprint density at radius 2 is 1.86 bits per heavy atom. The molecule has 0 amide bonds. The SMILES string of the molecule is CC(C)(C)[S@@](=O)/N=C(/c1cccc(Br)n1)C1CC(CO[Si](C)(C)C(C)(C)C)C1. The van der Waals surface area contributed by atoms with Crippen LogP contribution in [0.5, 0.6) is 0 Å². The topological polar surface area (TPSA) is 51.5 Å². The molecule has 0 radical (unpaired) electrons. The van der Waals surface area contributed by atoms with E-state index >= 15 is 0 Å². The van der Waals surface area contributed by atoms with Gasteiger partial charge in [-0.2, -0.15) is 4.40 Å². The number of halogens is 1. The van der Waals surface area contributed by atoms with Gasteiger partial charge in [0, 0.05) is 12.5 Å². The predicted molar refractivity (Wildman–Crippen MR) is 126 cm³/mol. The lowest BCUT2D eigenvalue weighted by Gasteiger charge is -2.41. The van der Waals surface area contributed by atoms with Crippen LogP contribution in [0.4, 0.5) is 0 Å². The minimum absolute atomic E-state index is 0.229. The maximum absolute atomic E-state index is 12.7. The van der Waals surface area contributed by atoms with Gasteiger partial charge in [0.05, 0.1) is 16.2 Å². The number of pyridine rings is 1. The molecule has 1 fully saturated rings. The first-order valence-electron chi connectivity index (χ1n) is 9.98. The van der Waals surface area contributed by atoms with Crippen molar-refractivity contribution in [3.8, 4) is 0 Å². The third-order valence-corrected chi connectivity index (χ3v) is 12.1. The molecule has 0 saturated heterocycles. The van der Waals surface area contributed by atoms with Crippen LogP contribution in [-0.4, -0.2) is 34.6 Å². The summed E-state index contributed by atoms with van der Waals surface area (Å²) in [6.07, 6.45) is 2.03. The molecule has 2 rings (SSSR count). The molecule has 1 aromatic rings. The summed E-state index contributed by atoms with van der Waals surface area (Å²) >= 11 is 3.44. The Kier molecular flexibility index (Phi) is 7.50. The van der Waals surface area contributed by atoms with Crippen molar-refractivity contribution in [2.24, 2.45) is 16.2 Å². The fourth-order valence-corrected chi connectivity index (χ4v) is 4.87. The Hall–Kier alpha value is -0.373. The highest BCUT2D eigenvalue weighted by Crippen LogP contribution is 2.41. The van der Waals surface area contributed by atoms with Gasteiger partial charge in [-0.25, -0.2) is 9.19 Å². The molecule has 1 saturated carbocycles. The average molecular weight is 488 g/mol. The third kappa shape index (κ3) is 6.06. The summed E-state index contributed by atoms with van der Waals surface area (Å²) in [5.74, 6) is 0.834. The molecule has 28 heavy (non-hydrogen) atoms. The Labute approximate surface area is 182 Å². The fraction of sp³-hybridized carbons (Fsp3) is 0.714. The van der Waals surface area contributed by atoms with Crippen molar-refractivity contribution in [2.75, 3.05) is 6.61 Å².